The Morgan fingerprint density at radius 1 is 1.26 bits per heavy atom. The van der Waals surface area contributed by atoms with Crippen molar-refractivity contribution in [3.8, 4) is 11.5 Å². The second-order valence-electron chi connectivity index (χ2n) is 7.84. The zero-order chi connectivity index (χ0) is 22.1. The van der Waals surface area contributed by atoms with E-state index in [1.165, 1.54) is 23.1 Å². The zero-order valence-electron chi connectivity index (χ0n) is 17.3. The minimum absolute atomic E-state index is 0.00295. The molecular weight excluding hydrogens is 403 g/mol. The maximum atomic E-state index is 13.9. The monoisotopic (exact) mass is 426 g/mol. The van der Waals surface area contributed by atoms with E-state index in [4.69, 9.17) is 9.47 Å². The van der Waals surface area contributed by atoms with Crippen molar-refractivity contribution in [1.82, 2.24) is 5.32 Å². The number of fused-ring (bicyclic) bond motifs is 1. The van der Waals surface area contributed by atoms with Crippen LogP contribution in [-0.2, 0) is 9.59 Å². The molecule has 1 aliphatic carbocycles. The Morgan fingerprint density at radius 3 is 2.77 bits per heavy atom. The average molecular weight is 426 g/mol. The molecule has 1 aliphatic heterocycles. The van der Waals surface area contributed by atoms with Gasteiger partial charge in [-0.2, -0.15) is 0 Å². The van der Waals surface area contributed by atoms with Crippen LogP contribution < -0.4 is 19.7 Å². The molecule has 1 N–H and O–H groups in total. The number of carbonyl (C=O) groups excluding carboxylic acids is 3. The number of aryl methyl sites for hydroxylation is 1. The maximum Gasteiger partial charge on any atom is 0.265 e. The van der Waals surface area contributed by atoms with Gasteiger partial charge >= 0.3 is 0 Å². The Kier molecular flexibility index (Phi) is 5.63. The lowest BCUT2D eigenvalue weighted by atomic mass is 10.1. The van der Waals surface area contributed by atoms with Gasteiger partial charge in [0.25, 0.3) is 5.91 Å². The third-order valence-corrected chi connectivity index (χ3v) is 5.30. The van der Waals surface area contributed by atoms with Crippen LogP contribution in [-0.4, -0.2) is 42.9 Å². The quantitative estimate of drug-likeness (QED) is 0.689. The molecule has 2 aliphatic rings. The van der Waals surface area contributed by atoms with E-state index in [0.29, 0.717) is 11.4 Å². The Labute approximate surface area is 179 Å². The van der Waals surface area contributed by atoms with E-state index in [0.717, 1.165) is 18.4 Å². The number of ether oxygens (including phenoxy) is 2. The van der Waals surface area contributed by atoms with Crippen molar-refractivity contribution in [2.45, 2.75) is 38.8 Å². The van der Waals surface area contributed by atoms with E-state index in [9.17, 15) is 18.8 Å². The third-order valence-electron chi connectivity index (χ3n) is 5.30. The van der Waals surface area contributed by atoms with Crippen molar-refractivity contribution in [1.29, 1.82) is 0 Å². The van der Waals surface area contributed by atoms with Crippen LogP contribution in [0.1, 0.15) is 35.7 Å². The van der Waals surface area contributed by atoms with Crippen LogP contribution in [0.2, 0.25) is 0 Å². The van der Waals surface area contributed by atoms with Gasteiger partial charge in [0.15, 0.2) is 30.6 Å². The molecule has 8 heteroatoms. The van der Waals surface area contributed by atoms with Gasteiger partial charge < -0.3 is 14.8 Å². The Hall–Kier alpha value is -3.42. The van der Waals surface area contributed by atoms with E-state index >= 15 is 0 Å². The van der Waals surface area contributed by atoms with Crippen molar-refractivity contribution < 1.29 is 28.2 Å². The third kappa shape index (κ3) is 4.52. The summed E-state index contributed by atoms with van der Waals surface area (Å²) in [6.45, 7) is 2.88. The second kappa shape index (κ2) is 8.37. The second-order valence-corrected chi connectivity index (χ2v) is 7.84. The summed E-state index contributed by atoms with van der Waals surface area (Å²) >= 11 is 0. The summed E-state index contributed by atoms with van der Waals surface area (Å²) in [5, 5.41) is 2.89. The van der Waals surface area contributed by atoms with Crippen LogP contribution in [0.4, 0.5) is 10.1 Å². The molecule has 2 aromatic rings. The fraction of sp³-hybridized carbons (Fsp3) is 0.348. The summed E-state index contributed by atoms with van der Waals surface area (Å²) in [7, 11) is 0. The molecule has 2 amide bonds. The predicted molar refractivity (Wildman–Crippen MR) is 111 cm³/mol. The SMILES string of the molecule is Cc1ccc(F)c(OCC(=O)c2ccc3c(c2)N(C(C)C(=O)NC2CC2)C(=O)CO3)c1. The minimum Gasteiger partial charge on any atom is -0.482 e. The van der Waals surface area contributed by atoms with Gasteiger partial charge in [0.2, 0.25) is 5.91 Å². The fourth-order valence-electron chi connectivity index (χ4n) is 3.38. The number of benzene rings is 2. The van der Waals surface area contributed by atoms with Gasteiger partial charge in [-0.15, -0.1) is 0 Å². The summed E-state index contributed by atoms with van der Waals surface area (Å²) in [5.41, 5.74) is 1.43. The molecule has 1 heterocycles. The van der Waals surface area contributed by atoms with Gasteiger partial charge in [-0.3, -0.25) is 19.3 Å². The molecule has 0 bridgehead atoms. The lowest BCUT2D eigenvalue weighted by molar-refractivity contribution is -0.127. The van der Waals surface area contributed by atoms with E-state index in [1.807, 2.05) is 0 Å². The number of anilines is 1. The van der Waals surface area contributed by atoms with Crippen LogP contribution in [0.15, 0.2) is 36.4 Å². The first kappa shape index (κ1) is 20.8. The summed E-state index contributed by atoms with van der Waals surface area (Å²) in [5.74, 6) is -1.15. The lowest BCUT2D eigenvalue weighted by Gasteiger charge is -2.33. The number of halogens is 1. The van der Waals surface area contributed by atoms with E-state index in [2.05, 4.69) is 5.32 Å². The normalized spacial score (nSPS) is 16.2. The highest BCUT2D eigenvalue weighted by atomic mass is 19.1. The molecule has 0 spiro atoms. The molecule has 0 radical (unpaired) electrons. The van der Waals surface area contributed by atoms with E-state index in [-0.39, 0.29) is 42.4 Å². The molecule has 0 aromatic heterocycles. The summed E-state index contributed by atoms with van der Waals surface area (Å²) < 4.78 is 24.7. The molecular formula is C23H23FN2O5. The van der Waals surface area contributed by atoms with Crippen molar-refractivity contribution in [2.24, 2.45) is 0 Å². The van der Waals surface area contributed by atoms with Crippen molar-refractivity contribution >= 4 is 23.3 Å². The zero-order valence-corrected chi connectivity index (χ0v) is 17.3. The first-order chi connectivity index (χ1) is 14.8. The highest BCUT2D eigenvalue weighted by Crippen LogP contribution is 2.35. The number of hydrogen-bond acceptors (Lipinski definition) is 5. The first-order valence-corrected chi connectivity index (χ1v) is 10.1. The smallest absolute Gasteiger partial charge is 0.265 e. The molecule has 4 rings (SSSR count). The molecule has 1 unspecified atom stereocenters. The minimum atomic E-state index is -0.751. The Bertz CT molecular complexity index is 1050. The van der Waals surface area contributed by atoms with Crippen molar-refractivity contribution in [3.63, 3.8) is 0 Å². The van der Waals surface area contributed by atoms with Crippen LogP contribution in [0, 0.1) is 12.7 Å². The number of amides is 2. The number of Topliss-reactive ketones (excluding diaryl/α,β-unsaturated/α-hetero) is 1. The number of nitrogens with zero attached hydrogens (tertiary/aromatic N) is 1. The van der Waals surface area contributed by atoms with Crippen LogP contribution in [0.5, 0.6) is 11.5 Å². The number of ketones is 1. The molecule has 0 saturated heterocycles. The predicted octanol–water partition coefficient (Wildman–Crippen LogP) is 2.79. The average Bonchev–Trinajstić information content (AvgIpc) is 3.57. The number of nitrogens with one attached hydrogen (secondary N) is 1. The van der Waals surface area contributed by atoms with E-state index in [1.54, 1.807) is 32.0 Å². The fourth-order valence-corrected chi connectivity index (χ4v) is 3.38. The van der Waals surface area contributed by atoms with Gasteiger partial charge in [-0.25, -0.2) is 4.39 Å². The van der Waals surface area contributed by atoms with E-state index < -0.39 is 17.6 Å². The first-order valence-electron chi connectivity index (χ1n) is 10.1. The molecule has 31 heavy (non-hydrogen) atoms. The molecule has 162 valence electrons. The Balaban J connectivity index is 1.53. The summed E-state index contributed by atoms with van der Waals surface area (Å²) in [6.07, 6.45) is 1.87. The summed E-state index contributed by atoms with van der Waals surface area (Å²) in [4.78, 5) is 39.1. The standard InChI is InChI=1S/C23H23FN2O5/c1-13-3-7-17(24)21(9-13)30-11-19(27)15-4-8-20-18(10-15)26(22(28)12-31-20)14(2)23(29)25-16-5-6-16/h3-4,7-10,14,16H,5-6,11-12H2,1-2H3,(H,25,29). The van der Waals surface area contributed by atoms with Crippen LogP contribution in [0.25, 0.3) is 0 Å². The number of hydrogen-bond donors (Lipinski definition) is 1. The molecule has 1 atom stereocenters. The van der Waals surface area contributed by atoms with Gasteiger partial charge in [0.1, 0.15) is 11.8 Å². The summed E-state index contributed by atoms with van der Waals surface area (Å²) in [6, 6.07) is 8.47. The van der Waals surface area contributed by atoms with Crippen LogP contribution in [0.3, 0.4) is 0 Å². The van der Waals surface area contributed by atoms with Crippen molar-refractivity contribution in [2.75, 3.05) is 18.1 Å². The van der Waals surface area contributed by atoms with Gasteiger partial charge in [-0.05, 0) is 62.6 Å². The highest BCUT2D eigenvalue weighted by Gasteiger charge is 2.35. The lowest BCUT2D eigenvalue weighted by Crippen LogP contribution is -2.51. The largest absolute Gasteiger partial charge is 0.482 e. The van der Waals surface area contributed by atoms with Crippen molar-refractivity contribution in [3.05, 3.63) is 53.3 Å². The molecule has 2 aromatic carbocycles. The topological polar surface area (TPSA) is 84.9 Å². The van der Waals surface area contributed by atoms with Gasteiger partial charge in [0.05, 0.1) is 5.69 Å². The van der Waals surface area contributed by atoms with Gasteiger partial charge in [0, 0.05) is 11.6 Å². The number of rotatable bonds is 7. The Morgan fingerprint density at radius 2 is 2.03 bits per heavy atom. The molecule has 1 saturated carbocycles. The molecule has 1 fully saturated rings. The highest BCUT2D eigenvalue weighted by molar-refractivity contribution is 6.06. The van der Waals surface area contributed by atoms with Crippen LogP contribution >= 0.6 is 0 Å². The number of carbonyl (C=O) groups is 3. The maximum absolute atomic E-state index is 13.9. The molecule has 7 nitrogen and oxygen atoms in total. The van der Waals surface area contributed by atoms with Gasteiger partial charge in [-0.1, -0.05) is 6.07 Å².